The second kappa shape index (κ2) is 6.36. The second-order valence-electron chi connectivity index (χ2n) is 9.59. The lowest BCUT2D eigenvalue weighted by atomic mass is 9.78. The van der Waals surface area contributed by atoms with Crippen molar-refractivity contribution in [3.63, 3.8) is 0 Å². The molecular weight excluding hydrogens is 334 g/mol. The number of hydrogen-bond acceptors (Lipinski definition) is 3. The third-order valence-corrected chi connectivity index (χ3v) is 4.96. The van der Waals surface area contributed by atoms with E-state index in [0.717, 1.165) is 39.1 Å². The summed E-state index contributed by atoms with van der Waals surface area (Å²) in [6.45, 7) is 17.5. The maximum Gasteiger partial charge on any atom is 0.179 e. The highest BCUT2D eigenvalue weighted by Crippen LogP contribution is 2.40. The van der Waals surface area contributed by atoms with E-state index in [1.807, 2.05) is 17.6 Å². The molecule has 0 aliphatic heterocycles. The van der Waals surface area contributed by atoms with Crippen LogP contribution in [0.4, 0.5) is 0 Å². The molecule has 1 N–H and O–H groups in total. The van der Waals surface area contributed by atoms with Crippen LogP contribution < -0.4 is 0 Å². The van der Waals surface area contributed by atoms with E-state index < -0.39 is 0 Å². The Bertz CT molecular complexity index is 966. The highest BCUT2D eigenvalue weighted by atomic mass is 16.3. The van der Waals surface area contributed by atoms with Gasteiger partial charge >= 0.3 is 0 Å². The van der Waals surface area contributed by atoms with E-state index in [1.165, 1.54) is 0 Å². The molecule has 2 heterocycles. The van der Waals surface area contributed by atoms with Crippen LogP contribution in [0.15, 0.2) is 18.2 Å². The van der Waals surface area contributed by atoms with Gasteiger partial charge in [0.05, 0.1) is 6.54 Å². The van der Waals surface area contributed by atoms with Crippen molar-refractivity contribution in [2.45, 2.75) is 72.8 Å². The van der Waals surface area contributed by atoms with Crippen molar-refractivity contribution in [3.05, 3.63) is 52.5 Å². The monoisotopic (exact) mass is 364 g/mol. The van der Waals surface area contributed by atoms with Crippen LogP contribution in [0.3, 0.4) is 0 Å². The van der Waals surface area contributed by atoms with Gasteiger partial charge in [0.1, 0.15) is 11.3 Å². The highest BCUT2D eigenvalue weighted by Gasteiger charge is 2.26. The van der Waals surface area contributed by atoms with Crippen LogP contribution in [0.2, 0.25) is 0 Å². The van der Waals surface area contributed by atoms with Crippen LogP contribution in [0.1, 0.15) is 69.5 Å². The molecule has 0 unspecified atom stereocenters. The standard InChI is InChI=1S/C23H30N3O/c1-14-9-15(2)25-21-19(14)24-13-26(21)12-16-10-17(22(3,4)5)20(27)18(11-16)23(6,7)8/h9-11,27H,12H2,1-8H3. The van der Waals surface area contributed by atoms with E-state index >= 15 is 0 Å². The van der Waals surface area contributed by atoms with Crippen molar-refractivity contribution in [1.29, 1.82) is 0 Å². The van der Waals surface area contributed by atoms with Crippen molar-refractivity contribution in [2.75, 3.05) is 0 Å². The van der Waals surface area contributed by atoms with E-state index in [1.54, 1.807) is 0 Å². The number of rotatable bonds is 2. The van der Waals surface area contributed by atoms with Gasteiger partial charge in [-0.2, -0.15) is 0 Å². The molecule has 0 bridgehead atoms. The summed E-state index contributed by atoms with van der Waals surface area (Å²) in [6.07, 6.45) is 3.10. The fourth-order valence-electron chi connectivity index (χ4n) is 3.52. The lowest BCUT2D eigenvalue weighted by Gasteiger charge is -2.28. The smallest absolute Gasteiger partial charge is 0.179 e. The zero-order valence-corrected chi connectivity index (χ0v) is 17.7. The first-order chi connectivity index (χ1) is 12.4. The van der Waals surface area contributed by atoms with Crippen LogP contribution in [0.25, 0.3) is 11.2 Å². The summed E-state index contributed by atoms with van der Waals surface area (Å²) in [4.78, 5) is 9.11. The van der Waals surface area contributed by atoms with Gasteiger partial charge in [0.2, 0.25) is 0 Å². The van der Waals surface area contributed by atoms with Crippen molar-refractivity contribution >= 4 is 11.2 Å². The fraction of sp³-hybridized carbons (Fsp3) is 0.478. The Labute approximate surface area is 162 Å². The summed E-state index contributed by atoms with van der Waals surface area (Å²) in [5.41, 5.74) is 6.61. The summed E-state index contributed by atoms with van der Waals surface area (Å²) in [7, 11) is 0. The average molecular weight is 365 g/mol. The molecule has 0 saturated heterocycles. The largest absolute Gasteiger partial charge is 0.507 e. The van der Waals surface area contributed by atoms with Crippen LogP contribution in [0.5, 0.6) is 5.75 Å². The van der Waals surface area contributed by atoms with Crippen molar-refractivity contribution in [3.8, 4) is 5.75 Å². The number of hydrogen-bond donors (Lipinski definition) is 1. The number of phenols is 1. The topological polar surface area (TPSA) is 50.9 Å². The number of aromatic hydroxyl groups is 1. The molecule has 27 heavy (non-hydrogen) atoms. The first-order valence-electron chi connectivity index (χ1n) is 9.47. The Morgan fingerprint density at radius 1 is 0.963 bits per heavy atom. The molecule has 1 radical (unpaired) electrons. The Hall–Kier alpha value is -2.36. The lowest BCUT2D eigenvalue weighted by Crippen LogP contribution is -2.18. The first kappa shape index (κ1) is 19.4. The molecule has 0 amide bonds. The molecule has 0 spiro atoms. The van der Waals surface area contributed by atoms with Crippen molar-refractivity contribution < 1.29 is 5.11 Å². The third-order valence-electron chi connectivity index (χ3n) is 4.96. The normalized spacial score (nSPS) is 12.7. The van der Waals surface area contributed by atoms with Gasteiger partial charge in [-0.1, -0.05) is 41.5 Å². The van der Waals surface area contributed by atoms with Crippen LogP contribution >= 0.6 is 0 Å². The molecule has 0 saturated carbocycles. The lowest BCUT2D eigenvalue weighted by molar-refractivity contribution is 0.422. The quantitative estimate of drug-likeness (QED) is 0.680. The van der Waals surface area contributed by atoms with Gasteiger partial charge in [-0.15, -0.1) is 0 Å². The van der Waals surface area contributed by atoms with E-state index in [0.29, 0.717) is 12.3 Å². The number of fused-ring (bicyclic) bond motifs is 1. The molecule has 3 rings (SSSR count). The molecule has 0 fully saturated rings. The SMILES string of the molecule is Cc1cc(C)c2n[c]n(Cc3cc(C(C)(C)C)c(O)c(C(C)(C)C)c3)c2n1. The number of pyridine rings is 1. The minimum absolute atomic E-state index is 0.147. The molecule has 3 aromatic rings. The summed E-state index contributed by atoms with van der Waals surface area (Å²) >= 11 is 0. The number of benzene rings is 1. The van der Waals surface area contributed by atoms with Gasteiger partial charge in [0.15, 0.2) is 12.0 Å². The number of aromatic nitrogens is 3. The predicted octanol–water partition coefficient (Wildman–Crippen LogP) is 5.20. The summed E-state index contributed by atoms with van der Waals surface area (Å²) < 4.78 is 1.97. The van der Waals surface area contributed by atoms with E-state index in [9.17, 15) is 5.11 Å². The molecular formula is C23H30N3O. The molecule has 0 aliphatic rings. The fourth-order valence-corrected chi connectivity index (χ4v) is 3.52. The number of imidazole rings is 1. The molecule has 1 aromatic carbocycles. The summed E-state index contributed by atoms with van der Waals surface area (Å²) in [6, 6.07) is 6.25. The Balaban J connectivity index is 2.15. The number of phenolic OH excluding ortho intramolecular Hbond substituents is 1. The molecule has 0 atom stereocenters. The molecule has 4 heteroatoms. The maximum atomic E-state index is 10.9. The molecule has 2 aromatic heterocycles. The second-order valence-corrected chi connectivity index (χ2v) is 9.59. The van der Waals surface area contributed by atoms with Gasteiger partial charge in [0.25, 0.3) is 0 Å². The van der Waals surface area contributed by atoms with Crippen molar-refractivity contribution in [1.82, 2.24) is 14.5 Å². The van der Waals surface area contributed by atoms with Crippen LogP contribution in [0, 0.1) is 20.2 Å². The van der Waals surface area contributed by atoms with Gasteiger partial charge in [-0.05, 0) is 65.1 Å². The number of nitrogens with zero attached hydrogens (tertiary/aromatic N) is 3. The zero-order valence-electron chi connectivity index (χ0n) is 17.7. The highest BCUT2D eigenvalue weighted by molar-refractivity contribution is 5.75. The Morgan fingerprint density at radius 3 is 2.04 bits per heavy atom. The summed E-state index contributed by atoms with van der Waals surface area (Å²) in [5.74, 6) is 0.406. The molecule has 4 nitrogen and oxygen atoms in total. The number of aryl methyl sites for hydroxylation is 2. The molecule has 143 valence electrons. The van der Waals surface area contributed by atoms with E-state index in [-0.39, 0.29) is 10.8 Å². The Kier molecular flexibility index (Phi) is 4.57. The van der Waals surface area contributed by atoms with Crippen LogP contribution in [-0.4, -0.2) is 19.6 Å². The van der Waals surface area contributed by atoms with Crippen LogP contribution in [-0.2, 0) is 17.4 Å². The molecule has 0 aliphatic carbocycles. The first-order valence-corrected chi connectivity index (χ1v) is 9.47. The average Bonchev–Trinajstić information content (AvgIpc) is 2.89. The van der Waals surface area contributed by atoms with Gasteiger partial charge in [-0.3, -0.25) is 0 Å². The third kappa shape index (κ3) is 3.71. The van der Waals surface area contributed by atoms with Gasteiger partial charge in [0, 0.05) is 5.69 Å². The minimum atomic E-state index is -0.147. The maximum absolute atomic E-state index is 10.9. The zero-order chi connectivity index (χ0) is 20.1. The minimum Gasteiger partial charge on any atom is -0.507 e. The van der Waals surface area contributed by atoms with Gasteiger partial charge < -0.3 is 9.67 Å². The predicted molar refractivity (Wildman–Crippen MR) is 110 cm³/mol. The Morgan fingerprint density at radius 2 is 1.52 bits per heavy atom. The van der Waals surface area contributed by atoms with E-state index in [2.05, 4.69) is 76.9 Å². The summed E-state index contributed by atoms with van der Waals surface area (Å²) in [5, 5.41) is 10.9. The van der Waals surface area contributed by atoms with Crippen molar-refractivity contribution in [2.24, 2.45) is 0 Å². The van der Waals surface area contributed by atoms with E-state index in [4.69, 9.17) is 0 Å². The van der Waals surface area contributed by atoms with Gasteiger partial charge in [-0.25, -0.2) is 9.97 Å².